The quantitative estimate of drug-likeness (QED) is 0.380. The molecule has 0 spiro atoms. The van der Waals surface area contributed by atoms with E-state index in [0.29, 0.717) is 34.6 Å². The number of benzene rings is 2. The summed E-state index contributed by atoms with van der Waals surface area (Å²) in [6.45, 7) is 6.05. The number of H-pyrrole nitrogens is 1. The summed E-state index contributed by atoms with van der Waals surface area (Å²) < 4.78 is 25.3. The summed E-state index contributed by atoms with van der Waals surface area (Å²) in [7, 11) is 0. The number of nitrogens with one attached hydrogen (secondary N) is 1. The smallest absolute Gasteiger partial charge is 0.427 e. The van der Waals surface area contributed by atoms with Gasteiger partial charge in [-0.15, -0.1) is 5.06 Å². The minimum atomic E-state index is -0.771. The van der Waals surface area contributed by atoms with Gasteiger partial charge in [0, 0.05) is 17.0 Å². The van der Waals surface area contributed by atoms with E-state index in [-0.39, 0.29) is 16.8 Å². The largest absolute Gasteiger partial charge is 0.528 e. The molecule has 6 rings (SSSR count). The zero-order valence-corrected chi connectivity index (χ0v) is 20.8. The zero-order chi connectivity index (χ0) is 25.4. The monoisotopic (exact) mass is 509 g/mol. The summed E-state index contributed by atoms with van der Waals surface area (Å²) in [5.41, 5.74) is 1.99. The van der Waals surface area contributed by atoms with Crippen molar-refractivity contribution < 1.29 is 18.8 Å². The van der Waals surface area contributed by atoms with E-state index in [1.165, 1.54) is 11.1 Å². The lowest BCUT2D eigenvalue weighted by atomic mass is 9.98. The van der Waals surface area contributed by atoms with Crippen molar-refractivity contribution in [3.63, 3.8) is 0 Å². The second-order valence-corrected chi connectivity index (χ2v) is 11.1. The van der Waals surface area contributed by atoms with Gasteiger partial charge in [-0.2, -0.15) is 0 Å². The first-order chi connectivity index (χ1) is 17.1. The molecule has 2 aliphatic rings. The Morgan fingerprint density at radius 3 is 2.58 bits per heavy atom. The van der Waals surface area contributed by atoms with Gasteiger partial charge in [-0.3, -0.25) is 14.0 Å². The number of carbonyl (C=O) groups is 1. The second-order valence-electron chi connectivity index (χ2n) is 10.3. The van der Waals surface area contributed by atoms with Gasteiger partial charge in [-0.25, -0.2) is 9.18 Å². The fourth-order valence-corrected chi connectivity index (χ4v) is 5.66. The maximum atomic E-state index is 15.4. The summed E-state index contributed by atoms with van der Waals surface area (Å²) >= 11 is 1.14. The number of hydroxylamine groups is 2. The first kappa shape index (κ1) is 22.9. The Bertz CT molecular complexity index is 1680. The fourth-order valence-electron chi connectivity index (χ4n) is 4.74. The van der Waals surface area contributed by atoms with Gasteiger partial charge in [-0.05, 0) is 80.0 Å². The molecule has 4 aromatic rings. The summed E-state index contributed by atoms with van der Waals surface area (Å²) in [6, 6.07) is 8.73. The number of pyridine rings is 1. The lowest BCUT2D eigenvalue weighted by molar-refractivity contribution is -0.147. The van der Waals surface area contributed by atoms with Gasteiger partial charge in [0.05, 0.1) is 18.6 Å². The third-order valence-corrected chi connectivity index (χ3v) is 7.31. The second kappa shape index (κ2) is 8.01. The molecule has 1 saturated carbocycles. The van der Waals surface area contributed by atoms with Crippen molar-refractivity contribution in [1.82, 2.24) is 14.0 Å². The van der Waals surface area contributed by atoms with Crippen LogP contribution in [0.2, 0.25) is 0 Å². The van der Waals surface area contributed by atoms with Gasteiger partial charge < -0.3 is 14.1 Å². The number of rotatable bonds is 3. The average molecular weight is 510 g/mol. The predicted molar refractivity (Wildman–Crippen MR) is 134 cm³/mol. The van der Waals surface area contributed by atoms with Crippen molar-refractivity contribution in [2.24, 2.45) is 0 Å². The normalized spacial score (nSPS) is 16.0. The number of hydrogen-bond acceptors (Lipinski definition) is 7. The SMILES string of the molecule is CC(C)(C)OC(=O)ON1Cc2ccc(-c3cc4c(cc3F)c(=O)c3c(=O)[nH]sc3n4C3CC3)cc2C1. The standard InChI is InChI=1S/C26H24FN3O5S/c1-26(2,3)34-25(33)35-29-11-14-5-4-13(8-15(14)12-29)17-10-20-18(9-19(17)27)22(31)21-23(32)28-36-24(21)30(20)16-6-7-16/h4-5,8-10,16H,6-7,11-12H2,1-3H3,(H,28,32). The molecule has 0 amide bonds. The lowest BCUT2D eigenvalue weighted by Gasteiger charge is -2.21. The van der Waals surface area contributed by atoms with E-state index in [2.05, 4.69) is 4.37 Å². The summed E-state index contributed by atoms with van der Waals surface area (Å²) in [5, 5.41) is 1.81. The Morgan fingerprint density at radius 1 is 1.11 bits per heavy atom. The van der Waals surface area contributed by atoms with Crippen LogP contribution in [0.15, 0.2) is 39.9 Å². The number of nitrogens with zero attached hydrogens (tertiary/aromatic N) is 2. The molecule has 10 heteroatoms. The van der Waals surface area contributed by atoms with Crippen LogP contribution < -0.4 is 11.0 Å². The maximum absolute atomic E-state index is 15.4. The van der Waals surface area contributed by atoms with Crippen molar-refractivity contribution in [2.75, 3.05) is 0 Å². The Labute approximate surface area is 209 Å². The number of hydrogen-bond donors (Lipinski definition) is 1. The Morgan fingerprint density at radius 2 is 1.86 bits per heavy atom. The van der Waals surface area contributed by atoms with E-state index in [1.54, 1.807) is 26.8 Å². The highest BCUT2D eigenvalue weighted by molar-refractivity contribution is 7.12. The van der Waals surface area contributed by atoms with Crippen LogP contribution in [-0.2, 0) is 22.7 Å². The van der Waals surface area contributed by atoms with E-state index in [0.717, 1.165) is 35.5 Å². The molecule has 0 radical (unpaired) electrons. The molecule has 1 N–H and O–H groups in total. The van der Waals surface area contributed by atoms with Gasteiger partial charge in [-0.1, -0.05) is 12.1 Å². The Kier molecular flexibility index (Phi) is 5.10. The maximum Gasteiger partial charge on any atom is 0.528 e. The third-order valence-electron chi connectivity index (χ3n) is 6.43. The molecule has 0 saturated heterocycles. The summed E-state index contributed by atoms with van der Waals surface area (Å²) in [5.74, 6) is -0.534. The Hall–Kier alpha value is -3.50. The van der Waals surface area contributed by atoms with Crippen LogP contribution in [0, 0.1) is 5.82 Å². The first-order valence-electron chi connectivity index (χ1n) is 11.8. The van der Waals surface area contributed by atoms with E-state index in [9.17, 15) is 14.4 Å². The number of halogens is 1. The molecule has 0 unspecified atom stereocenters. The van der Waals surface area contributed by atoms with Crippen molar-refractivity contribution in [2.45, 2.75) is 58.3 Å². The molecule has 8 nitrogen and oxygen atoms in total. The lowest BCUT2D eigenvalue weighted by Crippen LogP contribution is -2.29. The van der Waals surface area contributed by atoms with Crippen LogP contribution in [-0.4, -0.2) is 25.8 Å². The number of aromatic nitrogens is 2. The number of fused-ring (bicyclic) bond motifs is 3. The molecule has 0 bridgehead atoms. The third kappa shape index (κ3) is 3.90. The molecule has 1 fully saturated rings. The highest BCUT2D eigenvalue weighted by Gasteiger charge is 2.30. The van der Waals surface area contributed by atoms with E-state index in [4.69, 9.17) is 9.57 Å². The summed E-state index contributed by atoms with van der Waals surface area (Å²) in [6.07, 6.45) is 1.11. The van der Waals surface area contributed by atoms with Crippen LogP contribution in [0.4, 0.5) is 9.18 Å². The minimum Gasteiger partial charge on any atom is -0.427 e. The molecular weight excluding hydrogens is 485 g/mol. The van der Waals surface area contributed by atoms with Crippen molar-refractivity contribution in [3.8, 4) is 11.1 Å². The number of aromatic amines is 1. The first-order valence-corrected chi connectivity index (χ1v) is 12.6. The molecule has 36 heavy (non-hydrogen) atoms. The van der Waals surface area contributed by atoms with Crippen LogP contribution >= 0.6 is 11.5 Å². The topological polar surface area (TPSA) is 93.6 Å². The molecule has 2 aromatic heterocycles. The van der Waals surface area contributed by atoms with Gasteiger partial charge in [0.25, 0.3) is 5.56 Å². The van der Waals surface area contributed by atoms with Crippen LogP contribution in [0.1, 0.15) is 50.8 Å². The van der Waals surface area contributed by atoms with Crippen molar-refractivity contribution in [3.05, 3.63) is 67.9 Å². The van der Waals surface area contributed by atoms with E-state index >= 15 is 4.39 Å². The average Bonchev–Trinajstić information content (AvgIpc) is 3.43. The molecule has 3 heterocycles. The van der Waals surface area contributed by atoms with Crippen molar-refractivity contribution in [1.29, 1.82) is 0 Å². The van der Waals surface area contributed by atoms with Gasteiger partial charge in [0.15, 0.2) is 0 Å². The number of carbonyl (C=O) groups excluding carboxylic acids is 1. The number of ether oxygens (including phenoxy) is 1. The summed E-state index contributed by atoms with van der Waals surface area (Å²) in [4.78, 5) is 43.4. The van der Waals surface area contributed by atoms with Gasteiger partial charge in [0.2, 0.25) is 5.43 Å². The van der Waals surface area contributed by atoms with Gasteiger partial charge in [0.1, 0.15) is 21.6 Å². The van der Waals surface area contributed by atoms with Crippen LogP contribution in [0.3, 0.4) is 0 Å². The Balaban J connectivity index is 1.39. The fraction of sp³-hybridized carbons (Fsp3) is 0.346. The predicted octanol–water partition coefficient (Wildman–Crippen LogP) is 5.23. The molecule has 1 aliphatic carbocycles. The molecule has 0 atom stereocenters. The molecular formula is C26H24FN3O5S. The highest BCUT2D eigenvalue weighted by Crippen LogP contribution is 2.41. The van der Waals surface area contributed by atoms with Crippen LogP contribution in [0.25, 0.3) is 32.2 Å². The van der Waals surface area contributed by atoms with Crippen molar-refractivity contribution >= 4 is 38.8 Å². The zero-order valence-electron chi connectivity index (χ0n) is 20.0. The van der Waals surface area contributed by atoms with E-state index < -0.39 is 28.6 Å². The minimum absolute atomic E-state index is 0.0918. The highest BCUT2D eigenvalue weighted by atomic mass is 32.1. The van der Waals surface area contributed by atoms with E-state index in [1.807, 2.05) is 22.8 Å². The van der Waals surface area contributed by atoms with Crippen LogP contribution in [0.5, 0.6) is 0 Å². The molecule has 1 aliphatic heterocycles. The molecule has 186 valence electrons. The molecule has 2 aromatic carbocycles. The van der Waals surface area contributed by atoms with Gasteiger partial charge >= 0.3 is 6.16 Å².